The van der Waals surface area contributed by atoms with Gasteiger partial charge in [0.1, 0.15) is 5.82 Å². The lowest BCUT2D eigenvalue weighted by Crippen LogP contribution is -1.95. The van der Waals surface area contributed by atoms with Crippen LogP contribution in [0.1, 0.15) is 0 Å². The number of hydrogen-bond donors (Lipinski definition) is 1. The van der Waals surface area contributed by atoms with E-state index in [4.69, 9.17) is 0 Å². The third kappa shape index (κ3) is 1.91. The topological polar surface area (TPSA) is 50.2 Å². The molecule has 0 amide bonds. The second-order valence-corrected chi connectivity index (χ2v) is 3.20. The van der Waals surface area contributed by atoms with E-state index >= 15 is 0 Å². The Labute approximate surface area is 90.8 Å². The molecule has 0 aliphatic rings. The predicted molar refractivity (Wildman–Crippen MR) is 57.6 cm³/mol. The van der Waals surface area contributed by atoms with E-state index in [1.807, 2.05) is 0 Å². The SMILES string of the molecule is O=c1ccccc(-c2cc(F)ccn2)c1O. The molecule has 16 heavy (non-hydrogen) atoms. The summed E-state index contributed by atoms with van der Waals surface area (Å²) < 4.78 is 13.0. The summed E-state index contributed by atoms with van der Waals surface area (Å²) in [5.41, 5.74) is -0.0774. The second-order valence-electron chi connectivity index (χ2n) is 3.20. The molecule has 4 heteroatoms. The standard InChI is InChI=1S/C12H8FNO2/c13-8-5-6-14-10(7-8)9-3-1-2-4-11(15)12(9)16/h1-7H,(H,15,16). The molecule has 2 aromatic rings. The lowest BCUT2D eigenvalue weighted by molar-refractivity contribution is 0.473. The van der Waals surface area contributed by atoms with Gasteiger partial charge >= 0.3 is 0 Å². The number of aromatic hydroxyl groups is 1. The Hall–Kier alpha value is -2.23. The van der Waals surface area contributed by atoms with Crippen molar-refractivity contribution in [3.05, 3.63) is 58.6 Å². The van der Waals surface area contributed by atoms with Crippen molar-refractivity contribution in [3.8, 4) is 17.0 Å². The molecule has 1 aromatic carbocycles. The van der Waals surface area contributed by atoms with E-state index in [9.17, 15) is 14.3 Å². The Kier molecular flexibility index (Phi) is 2.64. The summed E-state index contributed by atoms with van der Waals surface area (Å²) in [4.78, 5) is 15.2. The summed E-state index contributed by atoms with van der Waals surface area (Å²) in [6, 6.07) is 8.20. The molecule has 0 atom stereocenters. The molecule has 1 N–H and O–H groups in total. The van der Waals surface area contributed by atoms with Gasteiger partial charge in [0.2, 0.25) is 5.43 Å². The summed E-state index contributed by atoms with van der Waals surface area (Å²) >= 11 is 0. The van der Waals surface area contributed by atoms with Crippen LogP contribution in [0, 0.1) is 5.82 Å². The van der Waals surface area contributed by atoms with Crippen LogP contribution in [0.5, 0.6) is 5.75 Å². The van der Waals surface area contributed by atoms with Crippen LogP contribution < -0.4 is 5.43 Å². The van der Waals surface area contributed by atoms with Crippen LogP contribution in [0.25, 0.3) is 11.3 Å². The summed E-state index contributed by atoms with van der Waals surface area (Å²) in [7, 11) is 0. The maximum Gasteiger partial charge on any atom is 0.220 e. The van der Waals surface area contributed by atoms with Gasteiger partial charge in [-0.3, -0.25) is 9.78 Å². The first-order chi connectivity index (χ1) is 7.68. The van der Waals surface area contributed by atoms with Crippen molar-refractivity contribution in [2.45, 2.75) is 0 Å². The Morgan fingerprint density at radius 1 is 1.19 bits per heavy atom. The zero-order chi connectivity index (χ0) is 11.5. The molecule has 2 rings (SSSR count). The van der Waals surface area contributed by atoms with E-state index in [0.717, 1.165) is 6.07 Å². The van der Waals surface area contributed by atoms with E-state index in [0.29, 0.717) is 0 Å². The predicted octanol–water partition coefficient (Wildman–Crippen LogP) is 1.95. The van der Waals surface area contributed by atoms with Gasteiger partial charge < -0.3 is 5.11 Å². The normalized spacial score (nSPS) is 10.1. The smallest absolute Gasteiger partial charge is 0.220 e. The van der Waals surface area contributed by atoms with E-state index < -0.39 is 17.0 Å². The number of rotatable bonds is 1. The van der Waals surface area contributed by atoms with Gasteiger partial charge in [0.25, 0.3) is 0 Å². The zero-order valence-corrected chi connectivity index (χ0v) is 8.22. The third-order valence-corrected chi connectivity index (χ3v) is 2.11. The number of halogens is 1. The number of aromatic nitrogens is 1. The van der Waals surface area contributed by atoms with Crippen LogP contribution in [-0.4, -0.2) is 10.1 Å². The molecule has 1 aromatic heterocycles. The molecular formula is C12H8FNO2. The Morgan fingerprint density at radius 2 is 1.94 bits per heavy atom. The van der Waals surface area contributed by atoms with Crippen molar-refractivity contribution in [1.29, 1.82) is 0 Å². The van der Waals surface area contributed by atoms with Crippen LogP contribution in [0.15, 0.2) is 47.4 Å². The highest BCUT2D eigenvalue weighted by molar-refractivity contribution is 5.65. The molecule has 0 unspecified atom stereocenters. The van der Waals surface area contributed by atoms with Crippen LogP contribution >= 0.6 is 0 Å². The summed E-state index contributed by atoms with van der Waals surface area (Å²) in [5.74, 6) is -0.897. The van der Waals surface area contributed by atoms with Crippen molar-refractivity contribution >= 4 is 0 Å². The third-order valence-electron chi connectivity index (χ3n) is 2.11. The number of hydrogen-bond acceptors (Lipinski definition) is 3. The quantitative estimate of drug-likeness (QED) is 0.794. The van der Waals surface area contributed by atoms with Crippen molar-refractivity contribution < 1.29 is 9.50 Å². The molecular weight excluding hydrogens is 209 g/mol. The maximum absolute atomic E-state index is 13.0. The van der Waals surface area contributed by atoms with Gasteiger partial charge in [-0.1, -0.05) is 12.1 Å². The first-order valence-electron chi connectivity index (χ1n) is 4.63. The lowest BCUT2D eigenvalue weighted by Gasteiger charge is -1.99. The highest BCUT2D eigenvalue weighted by Gasteiger charge is 2.07. The second kappa shape index (κ2) is 4.10. The van der Waals surface area contributed by atoms with Gasteiger partial charge in [0.15, 0.2) is 5.75 Å². The minimum absolute atomic E-state index is 0.217. The molecule has 3 nitrogen and oxygen atoms in total. The number of pyridine rings is 1. The minimum atomic E-state index is -0.522. The van der Waals surface area contributed by atoms with Crippen LogP contribution in [0.2, 0.25) is 0 Å². The molecule has 0 aliphatic carbocycles. The van der Waals surface area contributed by atoms with Gasteiger partial charge in [-0.25, -0.2) is 4.39 Å². The highest BCUT2D eigenvalue weighted by atomic mass is 19.1. The van der Waals surface area contributed by atoms with E-state index in [1.54, 1.807) is 6.07 Å². The van der Waals surface area contributed by atoms with E-state index in [-0.39, 0.29) is 11.3 Å². The maximum atomic E-state index is 13.0. The molecule has 0 saturated heterocycles. The van der Waals surface area contributed by atoms with Crippen LogP contribution in [0.4, 0.5) is 4.39 Å². The van der Waals surface area contributed by atoms with Gasteiger partial charge in [-0.2, -0.15) is 0 Å². The molecule has 0 radical (unpaired) electrons. The average Bonchev–Trinajstić information content (AvgIpc) is 2.42. The molecule has 1 heterocycles. The minimum Gasteiger partial charge on any atom is -0.504 e. The van der Waals surface area contributed by atoms with Crippen molar-refractivity contribution in [2.75, 3.05) is 0 Å². The van der Waals surface area contributed by atoms with E-state index in [2.05, 4.69) is 4.98 Å². The fraction of sp³-hybridized carbons (Fsp3) is 0. The monoisotopic (exact) mass is 217 g/mol. The Morgan fingerprint density at radius 3 is 2.69 bits per heavy atom. The van der Waals surface area contributed by atoms with Gasteiger partial charge in [-0.05, 0) is 18.2 Å². The van der Waals surface area contributed by atoms with Gasteiger partial charge in [-0.15, -0.1) is 0 Å². The van der Waals surface area contributed by atoms with Crippen molar-refractivity contribution in [1.82, 2.24) is 4.98 Å². The molecule has 0 aliphatic heterocycles. The fourth-order valence-electron chi connectivity index (χ4n) is 1.34. The van der Waals surface area contributed by atoms with E-state index in [1.165, 1.54) is 30.5 Å². The van der Waals surface area contributed by atoms with Crippen molar-refractivity contribution in [2.24, 2.45) is 0 Å². The fourth-order valence-corrected chi connectivity index (χ4v) is 1.34. The zero-order valence-electron chi connectivity index (χ0n) is 8.22. The lowest BCUT2D eigenvalue weighted by atomic mass is 10.1. The Balaban J connectivity index is 2.71. The molecule has 0 bridgehead atoms. The molecule has 0 spiro atoms. The van der Waals surface area contributed by atoms with Crippen molar-refractivity contribution in [3.63, 3.8) is 0 Å². The molecule has 0 saturated carbocycles. The summed E-state index contributed by atoms with van der Waals surface area (Å²) in [6.45, 7) is 0. The first kappa shape index (κ1) is 10.3. The molecule has 80 valence electrons. The Bertz CT molecular complexity index is 584. The molecule has 0 fully saturated rings. The number of nitrogens with zero attached hydrogens (tertiary/aromatic N) is 1. The summed E-state index contributed by atoms with van der Waals surface area (Å²) in [5, 5.41) is 9.63. The average molecular weight is 217 g/mol. The van der Waals surface area contributed by atoms with Gasteiger partial charge in [0, 0.05) is 17.8 Å². The summed E-state index contributed by atoms with van der Waals surface area (Å²) in [6.07, 6.45) is 1.28. The van der Waals surface area contributed by atoms with Crippen LogP contribution in [0.3, 0.4) is 0 Å². The largest absolute Gasteiger partial charge is 0.504 e. The highest BCUT2D eigenvalue weighted by Crippen LogP contribution is 2.23. The first-order valence-corrected chi connectivity index (χ1v) is 4.63. The van der Waals surface area contributed by atoms with Gasteiger partial charge in [0.05, 0.1) is 5.69 Å². The van der Waals surface area contributed by atoms with Crippen LogP contribution in [-0.2, 0) is 0 Å².